The SMILES string of the molecule is Cc1oc(COCCC2CCC2)cc1C(=O)O. The minimum absolute atomic E-state index is 0.225. The predicted octanol–water partition coefficient (Wildman–Crippen LogP) is 2.99. The van der Waals surface area contributed by atoms with Gasteiger partial charge < -0.3 is 14.3 Å². The fraction of sp³-hybridized carbons (Fsp3) is 0.615. The average Bonchev–Trinajstić information content (AvgIpc) is 2.57. The summed E-state index contributed by atoms with van der Waals surface area (Å²) in [6.45, 7) is 2.75. The molecule has 4 nitrogen and oxygen atoms in total. The van der Waals surface area contributed by atoms with Crippen molar-refractivity contribution in [3.63, 3.8) is 0 Å². The van der Waals surface area contributed by atoms with Gasteiger partial charge in [-0.25, -0.2) is 4.79 Å². The summed E-state index contributed by atoms with van der Waals surface area (Å²) in [7, 11) is 0. The Kier molecular flexibility index (Phi) is 3.84. The molecule has 0 aromatic carbocycles. The number of hydrogen-bond donors (Lipinski definition) is 1. The Hall–Kier alpha value is -1.29. The molecule has 0 spiro atoms. The molecule has 94 valence electrons. The molecule has 17 heavy (non-hydrogen) atoms. The normalized spacial score (nSPS) is 15.8. The van der Waals surface area contributed by atoms with E-state index in [1.54, 1.807) is 13.0 Å². The monoisotopic (exact) mass is 238 g/mol. The number of hydrogen-bond acceptors (Lipinski definition) is 3. The maximum absolute atomic E-state index is 10.8. The maximum Gasteiger partial charge on any atom is 0.339 e. The van der Waals surface area contributed by atoms with Crippen LogP contribution in [0, 0.1) is 12.8 Å². The molecule has 1 N–H and O–H groups in total. The number of carboxylic acid groups (broad SMARTS) is 1. The van der Waals surface area contributed by atoms with Crippen molar-refractivity contribution in [3.8, 4) is 0 Å². The molecule has 1 saturated carbocycles. The highest BCUT2D eigenvalue weighted by Gasteiger charge is 2.17. The van der Waals surface area contributed by atoms with E-state index in [9.17, 15) is 4.79 Å². The highest BCUT2D eigenvalue weighted by molar-refractivity contribution is 5.88. The number of carbonyl (C=O) groups is 1. The van der Waals surface area contributed by atoms with Gasteiger partial charge in [0.1, 0.15) is 23.7 Å². The molecule has 2 rings (SSSR count). The van der Waals surface area contributed by atoms with Crippen LogP contribution >= 0.6 is 0 Å². The summed E-state index contributed by atoms with van der Waals surface area (Å²) in [5.41, 5.74) is 0.225. The fourth-order valence-electron chi connectivity index (χ4n) is 2.03. The summed E-state index contributed by atoms with van der Waals surface area (Å²) in [4.78, 5) is 10.8. The van der Waals surface area contributed by atoms with E-state index in [0.717, 1.165) is 18.9 Å². The largest absolute Gasteiger partial charge is 0.478 e. The van der Waals surface area contributed by atoms with Crippen molar-refractivity contribution in [1.82, 2.24) is 0 Å². The van der Waals surface area contributed by atoms with Gasteiger partial charge in [0, 0.05) is 6.61 Å². The van der Waals surface area contributed by atoms with E-state index >= 15 is 0 Å². The van der Waals surface area contributed by atoms with Gasteiger partial charge in [-0.1, -0.05) is 19.3 Å². The summed E-state index contributed by atoms with van der Waals surface area (Å²) in [5.74, 6) is 0.915. The van der Waals surface area contributed by atoms with E-state index in [4.69, 9.17) is 14.3 Å². The van der Waals surface area contributed by atoms with Crippen molar-refractivity contribution in [2.45, 2.75) is 39.2 Å². The number of furan rings is 1. The molecule has 0 atom stereocenters. The van der Waals surface area contributed by atoms with Gasteiger partial charge in [-0.15, -0.1) is 0 Å². The zero-order valence-electron chi connectivity index (χ0n) is 10.1. The van der Waals surface area contributed by atoms with Gasteiger partial charge in [0.2, 0.25) is 0 Å². The summed E-state index contributed by atoms with van der Waals surface area (Å²) >= 11 is 0. The molecule has 0 amide bonds. The van der Waals surface area contributed by atoms with E-state index < -0.39 is 5.97 Å². The molecule has 1 heterocycles. The number of aromatic carboxylic acids is 1. The second kappa shape index (κ2) is 5.36. The lowest BCUT2D eigenvalue weighted by molar-refractivity contribution is 0.0695. The second-order valence-electron chi connectivity index (χ2n) is 4.63. The molecule has 1 fully saturated rings. The Labute approximate surface area is 101 Å². The molecule has 1 aromatic heterocycles. The van der Waals surface area contributed by atoms with Crippen LogP contribution < -0.4 is 0 Å². The van der Waals surface area contributed by atoms with Crippen LogP contribution in [0.3, 0.4) is 0 Å². The first kappa shape index (κ1) is 12.2. The standard InChI is InChI=1S/C13H18O4/c1-9-12(13(14)15)7-11(17-9)8-16-6-5-10-3-2-4-10/h7,10H,2-6,8H2,1H3,(H,14,15). The molecule has 1 aliphatic rings. The lowest BCUT2D eigenvalue weighted by atomic mass is 9.83. The van der Waals surface area contributed by atoms with Crippen molar-refractivity contribution in [2.75, 3.05) is 6.61 Å². The van der Waals surface area contributed by atoms with Gasteiger partial charge in [-0.3, -0.25) is 0 Å². The van der Waals surface area contributed by atoms with Crippen molar-refractivity contribution < 1.29 is 19.1 Å². The van der Waals surface area contributed by atoms with Gasteiger partial charge in [0.05, 0.1) is 0 Å². The number of rotatable bonds is 6. The lowest BCUT2D eigenvalue weighted by Gasteiger charge is -2.24. The van der Waals surface area contributed by atoms with Crippen LogP contribution in [0.5, 0.6) is 0 Å². The van der Waals surface area contributed by atoms with Crippen molar-refractivity contribution in [2.24, 2.45) is 5.92 Å². The first-order chi connectivity index (χ1) is 8.16. The highest BCUT2D eigenvalue weighted by Crippen LogP contribution is 2.29. The van der Waals surface area contributed by atoms with Crippen molar-refractivity contribution in [1.29, 1.82) is 0 Å². The Bertz CT molecular complexity index is 390. The number of carboxylic acids is 1. The third kappa shape index (κ3) is 3.09. The third-order valence-electron chi connectivity index (χ3n) is 3.34. The molecule has 0 aliphatic heterocycles. The van der Waals surface area contributed by atoms with Gasteiger partial charge in [0.25, 0.3) is 0 Å². The lowest BCUT2D eigenvalue weighted by Crippen LogP contribution is -2.13. The first-order valence-corrected chi connectivity index (χ1v) is 6.07. The number of aryl methyl sites for hydroxylation is 1. The van der Waals surface area contributed by atoms with E-state index in [1.807, 2.05) is 0 Å². The van der Waals surface area contributed by atoms with Crippen LogP contribution in [0.4, 0.5) is 0 Å². The molecule has 0 bridgehead atoms. The second-order valence-corrected chi connectivity index (χ2v) is 4.63. The Morgan fingerprint density at radius 3 is 2.88 bits per heavy atom. The fourth-order valence-corrected chi connectivity index (χ4v) is 2.03. The molecule has 0 radical (unpaired) electrons. The molecule has 1 aromatic rings. The first-order valence-electron chi connectivity index (χ1n) is 6.07. The summed E-state index contributed by atoms with van der Waals surface area (Å²) < 4.78 is 10.8. The quantitative estimate of drug-likeness (QED) is 0.774. The van der Waals surface area contributed by atoms with Crippen LogP contribution in [0.25, 0.3) is 0 Å². The molecular formula is C13H18O4. The Morgan fingerprint density at radius 2 is 2.35 bits per heavy atom. The highest BCUT2D eigenvalue weighted by atomic mass is 16.5. The average molecular weight is 238 g/mol. The number of ether oxygens (including phenoxy) is 1. The van der Waals surface area contributed by atoms with Crippen LogP contribution in [0.15, 0.2) is 10.5 Å². The van der Waals surface area contributed by atoms with E-state index in [2.05, 4.69) is 0 Å². The minimum Gasteiger partial charge on any atom is -0.478 e. The molecular weight excluding hydrogens is 220 g/mol. The minimum atomic E-state index is -0.952. The van der Waals surface area contributed by atoms with Crippen molar-refractivity contribution in [3.05, 3.63) is 23.2 Å². The van der Waals surface area contributed by atoms with E-state index in [-0.39, 0.29) is 5.56 Å². The summed E-state index contributed by atoms with van der Waals surface area (Å²) in [5, 5.41) is 8.86. The Morgan fingerprint density at radius 1 is 1.59 bits per heavy atom. The molecule has 0 saturated heterocycles. The van der Waals surface area contributed by atoms with E-state index in [1.165, 1.54) is 19.3 Å². The summed E-state index contributed by atoms with van der Waals surface area (Å²) in [6, 6.07) is 1.54. The van der Waals surface area contributed by atoms with Crippen LogP contribution in [-0.2, 0) is 11.3 Å². The van der Waals surface area contributed by atoms with Crippen LogP contribution in [0.1, 0.15) is 47.6 Å². The van der Waals surface area contributed by atoms with Crippen molar-refractivity contribution >= 4 is 5.97 Å². The third-order valence-corrected chi connectivity index (χ3v) is 3.34. The van der Waals surface area contributed by atoms with Gasteiger partial charge in [-0.05, 0) is 25.3 Å². The zero-order valence-corrected chi connectivity index (χ0v) is 10.1. The summed E-state index contributed by atoms with van der Waals surface area (Å²) in [6.07, 6.45) is 5.11. The van der Waals surface area contributed by atoms with Crippen LogP contribution in [-0.4, -0.2) is 17.7 Å². The molecule has 1 aliphatic carbocycles. The molecule has 0 unspecified atom stereocenters. The smallest absolute Gasteiger partial charge is 0.339 e. The van der Waals surface area contributed by atoms with Gasteiger partial charge >= 0.3 is 5.97 Å². The van der Waals surface area contributed by atoms with Crippen LogP contribution in [0.2, 0.25) is 0 Å². The van der Waals surface area contributed by atoms with Gasteiger partial charge in [-0.2, -0.15) is 0 Å². The topological polar surface area (TPSA) is 59.7 Å². The maximum atomic E-state index is 10.8. The predicted molar refractivity (Wildman–Crippen MR) is 62.0 cm³/mol. The molecule has 4 heteroatoms. The van der Waals surface area contributed by atoms with E-state index in [0.29, 0.717) is 18.1 Å². The zero-order chi connectivity index (χ0) is 12.3. The van der Waals surface area contributed by atoms with Gasteiger partial charge in [0.15, 0.2) is 0 Å². The Balaban J connectivity index is 1.74.